The predicted molar refractivity (Wildman–Crippen MR) is 92.5 cm³/mol. The predicted octanol–water partition coefficient (Wildman–Crippen LogP) is 3.76. The van der Waals surface area contributed by atoms with Gasteiger partial charge in [0.05, 0.1) is 6.54 Å². The first kappa shape index (κ1) is 16.3. The highest BCUT2D eigenvalue weighted by Crippen LogP contribution is 2.20. The second-order valence-electron chi connectivity index (χ2n) is 5.00. The third-order valence-electron chi connectivity index (χ3n) is 3.26. The van der Waals surface area contributed by atoms with Crippen molar-refractivity contribution in [2.24, 2.45) is 10.7 Å². The molecular weight excluding hydrogens is 298 g/mol. The summed E-state index contributed by atoms with van der Waals surface area (Å²) >= 11 is 6.00. The van der Waals surface area contributed by atoms with Crippen LogP contribution < -0.4 is 11.1 Å². The fourth-order valence-corrected chi connectivity index (χ4v) is 2.23. The number of methoxy groups -OCH3 is 1. The number of hydrogen-bond acceptors (Lipinski definition) is 2. The summed E-state index contributed by atoms with van der Waals surface area (Å²) in [7, 11) is 1.64. The number of nitrogens with two attached hydrogens (primary N) is 1. The van der Waals surface area contributed by atoms with Gasteiger partial charge in [-0.25, -0.2) is 0 Å². The first-order chi connectivity index (χ1) is 10.6. The summed E-state index contributed by atoms with van der Waals surface area (Å²) < 4.78 is 5.46. The van der Waals surface area contributed by atoms with E-state index >= 15 is 0 Å². The molecule has 22 heavy (non-hydrogen) atoms. The highest BCUT2D eigenvalue weighted by molar-refractivity contribution is 6.30. The van der Waals surface area contributed by atoms with Gasteiger partial charge in [0.1, 0.15) is 6.10 Å². The van der Waals surface area contributed by atoms with Crippen LogP contribution in [0.5, 0.6) is 0 Å². The van der Waals surface area contributed by atoms with Gasteiger partial charge in [0.25, 0.3) is 0 Å². The van der Waals surface area contributed by atoms with E-state index in [1.165, 1.54) is 5.56 Å². The van der Waals surface area contributed by atoms with Gasteiger partial charge in [-0.3, -0.25) is 4.99 Å². The fraction of sp³-hybridized carbons (Fsp3) is 0.235. The molecule has 116 valence electrons. The van der Waals surface area contributed by atoms with Crippen molar-refractivity contribution in [2.45, 2.75) is 13.0 Å². The number of aryl methyl sites for hydroxylation is 1. The first-order valence-corrected chi connectivity index (χ1v) is 7.38. The van der Waals surface area contributed by atoms with Crippen molar-refractivity contribution < 1.29 is 4.74 Å². The van der Waals surface area contributed by atoms with Crippen molar-refractivity contribution >= 4 is 23.2 Å². The molecule has 0 saturated carbocycles. The third kappa shape index (κ3) is 4.76. The minimum absolute atomic E-state index is 0.183. The van der Waals surface area contributed by atoms with Gasteiger partial charge in [-0.2, -0.15) is 0 Å². The van der Waals surface area contributed by atoms with Gasteiger partial charge >= 0.3 is 0 Å². The van der Waals surface area contributed by atoms with Crippen LogP contribution in [0.3, 0.4) is 0 Å². The Morgan fingerprint density at radius 3 is 2.64 bits per heavy atom. The van der Waals surface area contributed by atoms with E-state index < -0.39 is 0 Å². The molecule has 1 unspecified atom stereocenters. The zero-order valence-electron chi connectivity index (χ0n) is 12.7. The van der Waals surface area contributed by atoms with Gasteiger partial charge in [-0.05, 0) is 36.8 Å². The van der Waals surface area contributed by atoms with Crippen molar-refractivity contribution in [3.63, 3.8) is 0 Å². The molecule has 5 heteroatoms. The third-order valence-corrected chi connectivity index (χ3v) is 3.49. The standard InChI is InChI=1S/C17H20ClN3O/c1-12-6-8-15(9-7-12)21-17(19)20-11-16(22-2)13-4-3-5-14(18)10-13/h3-10,16H,11H2,1-2H3,(H3,19,20,21). The van der Waals surface area contributed by atoms with E-state index in [2.05, 4.69) is 10.3 Å². The second kappa shape index (κ2) is 7.82. The van der Waals surface area contributed by atoms with Crippen LogP contribution in [0, 0.1) is 6.92 Å². The molecule has 0 aliphatic rings. The molecule has 2 aromatic carbocycles. The topological polar surface area (TPSA) is 59.6 Å². The van der Waals surface area contributed by atoms with E-state index in [1.807, 2.05) is 55.5 Å². The summed E-state index contributed by atoms with van der Waals surface area (Å²) in [5.41, 5.74) is 8.99. The molecule has 0 spiro atoms. The lowest BCUT2D eigenvalue weighted by Crippen LogP contribution is -2.23. The van der Waals surface area contributed by atoms with Crippen LogP contribution in [0.1, 0.15) is 17.2 Å². The van der Waals surface area contributed by atoms with Gasteiger partial charge in [0.2, 0.25) is 0 Å². The first-order valence-electron chi connectivity index (χ1n) is 7.00. The van der Waals surface area contributed by atoms with Gasteiger partial charge in [-0.15, -0.1) is 0 Å². The van der Waals surface area contributed by atoms with Crippen LogP contribution in [-0.4, -0.2) is 19.6 Å². The molecule has 0 amide bonds. The number of rotatable bonds is 5. The van der Waals surface area contributed by atoms with E-state index in [1.54, 1.807) is 7.11 Å². The minimum atomic E-state index is -0.183. The zero-order valence-corrected chi connectivity index (χ0v) is 13.5. The summed E-state index contributed by atoms with van der Waals surface area (Å²) in [6.07, 6.45) is -0.183. The molecule has 0 fully saturated rings. The maximum atomic E-state index is 6.00. The number of aliphatic imine (C=N–C) groups is 1. The van der Waals surface area contributed by atoms with Crippen molar-refractivity contribution in [3.05, 3.63) is 64.7 Å². The van der Waals surface area contributed by atoms with Crippen LogP contribution in [0.25, 0.3) is 0 Å². The summed E-state index contributed by atoms with van der Waals surface area (Å²) in [6.45, 7) is 2.46. The maximum absolute atomic E-state index is 6.00. The van der Waals surface area contributed by atoms with Gasteiger partial charge in [0.15, 0.2) is 5.96 Å². The number of nitrogens with zero attached hydrogens (tertiary/aromatic N) is 1. The van der Waals surface area contributed by atoms with Crippen molar-refractivity contribution in [1.82, 2.24) is 0 Å². The number of ether oxygens (including phenoxy) is 1. The summed E-state index contributed by atoms with van der Waals surface area (Å²) in [6, 6.07) is 15.5. The molecule has 2 aromatic rings. The Morgan fingerprint density at radius 1 is 1.27 bits per heavy atom. The number of hydrogen-bond donors (Lipinski definition) is 2. The molecule has 3 N–H and O–H groups in total. The number of anilines is 1. The van der Waals surface area contributed by atoms with Crippen LogP contribution >= 0.6 is 11.6 Å². The summed E-state index contributed by atoms with van der Waals surface area (Å²) in [4.78, 5) is 4.33. The quantitative estimate of drug-likeness (QED) is 0.652. The molecule has 0 saturated heterocycles. The highest BCUT2D eigenvalue weighted by Gasteiger charge is 2.10. The molecule has 2 rings (SSSR count). The van der Waals surface area contributed by atoms with E-state index in [9.17, 15) is 0 Å². The van der Waals surface area contributed by atoms with E-state index in [0.29, 0.717) is 17.5 Å². The Kier molecular flexibility index (Phi) is 5.81. The van der Waals surface area contributed by atoms with Crippen molar-refractivity contribution in [3.8, 4) is 0 Å². The Morgan fingerprint density at radius 2 is 2.00 bits per heavy atom. The molecule has 0 aromatic heterocycles. The number of halogens is 1. The fourth-order valence-electron chi connectivity index (χ4n) is 2.03. The molecule has 1 atom stereocenters. The largest absolute Gasteiger partial charge is 0.375 e. The average molecular weight is 318 g/mol. The maximum Gasteiger partial charge on any atom is 0.193 e. The minimum Gasteiger partial charge on any atom is -0.375 e. The van der Waals surface area contributed by atoms with E-state index in [-0.39, 0.29) is 6.10 Å². The normalized spacial score (nSPS) is 13.0. The lowest BCUT2D eigenvalue weighted by molar-refractivity contribution is 0.111. The molecule has 0 radical (unpaired) electrons. The van der Waals surface area contributed by atoms with Crippen LogP contribution in [-0.2, 0) is 4.74 Å². The van der Waals surface area contributed by atoms with Gasteiger partial charge < -0.3 is 15.8 Å². The molecule has 4 nitrogen and oxygen atoms in total. The van der Waals surface area contributed by atoms with E-state index in [0.717, 1.165) is 11.3 Å². The van der Waals surface area contributed by atoms with Gasteiger partial charge in [-0.1, -0.05) is 41.4 Å². The summed E-state index contributed by atoms with van der Waals surface area (Å²) in [5.74, 6) is 0.355. The SMILES string of the molecule is COC(CN=C(N)Nc1ccc(C)cc1)c1cccc(Cl)c1. The Balaban J connectivity index is 2.00. The monoisotopic (exact) mass is 317 g/mol. The van der Waals surface area contributed by atoms with Crippen molar-refractivity contribution in [2.75, 3.05) is 19.0 Å². The molecule has 0 bridgehead atoms. The number of nitrogens with one attached hydrogen (secondary N) is 1. The Bertz CT molecular complexity index is 641. The Labute approximate surface area is 136 Å². The lowest BCUT2D eigenvalue weighted by atomic mass is 10.1. The molecule has 0 heterocycles. The summed E-state index contributed by atoms with van der Waals surface area (Å²) in [5, 5.41) is 3.73. The molecule has 0 aliphatic heterocycles. The van der Waals surface area contributed by atoms with Crippen LogP contribution in [0.4, 0.5) is 5.69 Å². The second-order valence-corrected chi connectivity index (χ2v) is 5.43. The van der Waals surface area contributed by atoms with E-state index in [4.69, 9.17) is 22.1 Å². The van der Waals surface area contributed by atoms with Crippen molar-refractivity contribution in [1.29, 1.82) is 0 Å². The number of benzene rings is 2. The van der Waals surface area contributed by atoms with Crippen LogP contribution in [0.2, 0.25) is 5.02 Å². The average Bonchev–Trinajstić information content (AvgIpc) is 2.50. The lowest BCUT2D eigenvalue weighted by Gasteiger charge is -2.14. The van der Waals surface area contributed by atoms with Gasteiger partial charge in [0, 0.05) is 17.8 Å². The smallest absolute Gasteiger partial charge is 0.193 e. The molecule has 0 aliphatic carbocycles. The Hall–Kier alpha value is -2.04. The zero-order chi connectivity index (χ0) is 15.9. The highest BCUT2D eigenvalue weighted by atomic mass is 35.5. The van der Waals surface area contributed by atoms with Crippen LogP contribution in [0.15, 0.2) is 53.5 Å². The molecular formula is C17H20ClN3O. The number of guanidine groups is 1.